The molecule has 1 aromatic heterocycles. The molecule has 3 nitrogen and oxygen atoms in total. The molecule has 0 bridgehead atoms. The predicted octanol–water partition coefficient (Wildman–Crippen LogP) is 3.48. The molecule has 2 atom stereocenters. The predicted molar refractivity (Wildman–Crippen MR) is 67.2 cm³/mol. The molecule has 1 saturated carbocycles. The first kappa shape index (κ1) is 11.9. The van der Waals surface area contributed by atoms with Crippen LogP contribution in [0.5, 0.6) is 0 Å². The lowest BCUT2D eigenvalue weighted by atomic mass is 10.1. The van der Waals surface area contributed by atoms with Gasteiger partial charge in [0.15, 0.2) is 0 Å². The first-order valence-corrected chi connectivity index (χ1v) is 6.45. The van der Waals surface area contributed by atoms with E-state index in [1.807, 2.05) is 0 Å². The number of rotatable bonds is 2. The summed E-state index contributed by atoms with van der Waals surface area (Å²) in [6, 6.07) is 0.261. The molecule has 0 saturated heterocycles. The van der Waals surface area contributed by atoms with Crippen molar-refractivity contribution in [1.29, 1.82) is 0 Å². The highest BCUT2D eigenvalue weighted by atomic mass is 35.5. The number of alkyl halides is 1. The maximum Gasteiger partial charge on any atom is 0.148 e. The minimum atomic E-state index is 0.161. The molecule has 0 aromatic carbocycles. The minimum Gasteiger partial charge on any atom is -0.365 e. The standard InChI is InChI=1S/C11H15Cl2N3/c12-8-4-2-1-3-5-10(8)16-11-9(13)6-14-7-15-11/h6-8,10H,1-5H2,(H,14,15,16). The van der Waals surface area contributed by atoms with Crippen LogP contribution < -0.4 is 5.32 Å². The van der Waals surface area contributed by atoms with Crippen LogP contribution in [-0.4, -0.2) is 21.4 Å². The molecule has 0 amide bonds. The van der Waals surface area contributed by atoms with Gasteiger partial charge < -0.3 is 5.32 Å². The molecule has 16 heavy (non-hydrogen) atoms. The van der Waals surface area contributed by atoms with Gasteiger partial charge in [0, 0.05) is 6.04 Å². The lowest BCUT2D eigenvalue weighted by Gasteiger charge is -2.21. The van der Waals surface area contributed by atoms with Crippen LogP contribution >= 0.6 is 23.2 Å². The van der Waals surface area contributed by atoms with E-state index in [2.05, 4.69) is 15.3 Å². The highest BCUT2D eigenvalue weighted by Gasteiger charge is 2.22. The van der Waals surface area contributed by atoms with Crippen molar-refractivity contribution in [2.45, 2.75) is 43.5 Å². The molecule has 2 unspecified atom stereocenters. The monoisotopic (exact) mass is 259 g/mol. The second kappa shape index (κ2) is 5.69. The van der Waals surface area contributed by atoms with E-state index >= 15 is 0 Å². The van der Waals surface area contributed by atoms with Gasteiger partial charge in [-0.2, -0.15) is 0 Å². The quantitative estimate of drug-likeness (QED) is 0.653. The van der Waals surface area contributed by atoms with Crippen LogP contribution in [0, 0.1) is 0 Å². The van der Waals surface area contributed by atoms with Crippen LogP contribution in [0.1, 0.15) is 32.1 Å². The summed E-state index contributed by atoms with van der Waals surface area (Å²) in [7, 11) is 0. The Bertz CT molecular complexity index is 346. The average molecular weight is 260 g/mol. The summed E-state index contributed by atoms with van der Waals surface area (Å²) in [4.78, 5) is 7.98. The minimum absolute atomic E-state index is 0.161. The maximum absolute atomic E-state index is 6.34. The fourth-order valence-corrected chi connectivity index (χ4v) is 2.52. The van der Waals surface area contributed by atoms with Gasteiger partial charge in [0.1, 0.15) is 17.2 Å². The summed E-state index contributed by atoms with van der Waals surface area (Å²) >= 11 is 12.3. The van der Waals surface area contributed by atoms with E-state index in [1.54, 1.807) is 6.20 Å². The smallest absolute Gasteiger partial charge is 0.148 e. The Morgan fingerprint density at radius 2 is 2.06 bits per heavy atom. The molecule has 1 aromatic rings. The van der Waals surface area contributed by atoms with Gasteiger partial charge in [0.25, 0.3) is 0 Å². The normalized spacial score (nSPS) is 26.1. The van der Waals surface area contributed by atoms with Crippen molar-refractivity contribution >= 4 is 29.0 Å². The average Bonchev–Trinajstić information content (AvgIpc) is 2.48. The van der Waals surface area contributed by atoms with Crippen molar-refractivity contribution in [2.75, 3.05) is 5.32 Å². The van der Waals surface area contributed by atoms with E-state index in [9.17, 15) is 0 Å². The summed E-state index contributed by atoms with van der Waals surface area (Å²) in [5, 5.41) is 4.04. The van der Waals surface area contributed by atoms with Crippen molar-refractivity contribution in [3.8, 4) is 0 Å². The third-order valence-corrected chi connectivity index (χ3v) is 3.72. The van der Waals surface area contributed by atoms with Gasteiger partial charge in [0.05, 0.1) is 11.6 Å². The molecule has 1 heterocycles. The molecular weight excluding hydrogens is 245 g/mol. The van der Waals surface area contributed by atoms with Gasteiger partial charge in [-0.15, -0.1) is 11.6 Å². The summed E-state index contributed by atoms with van der Waals surface area (Å²) in [6.07, 6.45) is 8.91. The van der Waals surface area contributed by atoms with Gasteiger partial charge in [-0.3, -0.25) is 0 Å². The first-order chi connectivity index (χ1) is 7.77. The molecule has 1 aliphatic carbocycles. The van der Waals surface area contributed by atoms with Crippen LogP contribution in [0.15, 0.2) is 12.5 Å². The van der Waals surface area contributed by atoms with E-state index in [-0.39, 0.29) is 11.4 Å². The Balaban J connectivity index is 2.05. The zero-order valence-corrected chi connectivity index (χ0v) is 10.5. The largest absolute Gasteiger partial charge is 0.365 e. The fraction of sp³-hybridized carbons (Fsp3) is 0.636. The molecule has 1 N–H and O–H groups in total. The Hall–Kier alpha value is -0.540. The number of nitrogens with zero attached hydrogens (tertiary/aromatic N) is 2. The van der Waals surface area contributed by atoms with Gasteiger partial charge in [-0.25, -0.2) is 9.97 Å². The third-order valence-electron chi connectivity index (χ3n) is 2.92. The molecule has 5 heteroatoms. The zero-order valence-electron chi connectivity index (χ0n) is 9.00. The lowest BCUT2D eigenvalue weighted by Crippen LogP contribution is -2.29. The van der Waals surface area contributed by atoms with E-state index in [0.29, 0.717) is 10.8 Å². The number of hydrogen-bond acceptors (Lipinski definition) is 3. The van der Waals surface area contributed by atoms with Crippen molar-refractivity contribution in [2.24, 2.45) is 0 Å². The molecule has 1 aliphatic rings. The van der Waals surface area contributed by atoms with Gasteiger partial charge >= 0.3 is 0 Å². The number of aromatic nitrogens is 2. The Morgan fingerprint density at radius 1 is 1.25 bits per heavy atom. The molecule has 1 fully saturated rings. The zero-order chi connectivity index (χ0) is 11.4. The van der Waals surface area contributed by atoms with Crippen molar-refractivity contribution < 1.29 is 0 Å². The van der Waals surface area contributed by atoms with Gasteiger partial charge in [-0.05, 0) is 12.8 Å². The summed E-state index contributed by atoms with van der Waals surface area (Å²) < 4.78 is 0. The second-order valence-electron chi connectivity index (χ2n) is 4.12. The number of nitrogens with one attached hydrogen (secondary N) is 1. The summed E-state index contributed by atoms with van der Waals surface area (Å²) in [6.45, 7) is 0. The van der Waals surface area contributed by atoms with Crippen molar-refractivity contribution in [1.82, 2.24) is 9.97 Å². The third kappa shape index (κ3) is 2.98. The Morgan fingerprint density at radius 3 is 2.88 bits per heavy atom. The maximum atomic E-state index is 6.34. The molecule has 0 spiro atoms. The highest BCUT2D eigenvalue weighted by molar-refractivity contribution is 6.32. The summed E-state index contributed by atoms with van der Waals surface area (Å²) in [5.74, 6) is 0.689. The van der Waals surface area contributed by atoms with Crippen molar-refractivity contribution in [3.05, 3.63) is 17.5 Å². The van der Waals surface area contributed by atoms with E-state index in [1.165, 1.54) is 25.6 Å². The second-order valence-corrected chi connectivity index (χ2v) is 5.09. The van der Waals surface area contributed by atoms with Crippen LogP contribution in [0.4, 0.5) is 5.82 Å². The summed E-state index contributed by atoms with van der Waals surface area (Å²) in [5.41, 5.74) is 0. The lowest BCUT2D eigenvalue weighted by molar-refractivity contribution is 0.624. The molecule has 0 radical (unpaired) electrons. The van der Waals surface area contributed by atoms with Crippen molar-refractivity contribution in [3.63, 3.8) is 0 Å². The topological polar surface area (TPSA) is 37.8 Å². The SMILES string of the molecule is Clc1cncnc1NC1CCCCCC1Cl. The molecule has 2 rings (SSSR count). The van der Waals surface area contributed by atoms with Gasteiger partial charge in [0.2, 0.25) is 0 Å². The molecule has 0 aliphatic heterocycles. The van der Waals surface area contributed by atoms with E-state index in [0.717, 1.165) is 12.8 Å². The van der Waals surface area contributed by atoms with Gasteiger partial charge in [-0.1, -0.05) is 30.9 Å². The number of anilines is 1. The van der Waals surface area contributed by atoms with Crippen LogP contribution in [0.3, 0.4) is 0 Å². The Kier molecular flexibility index (Phi) is 4.24. The van der Waals surface area contributed by atoms with Crippen LogP contribution in [0.2, 0.25) is 5.02 Å². The number of halogens is 2. The Labute approximate surface area is 106 Å². The fourth-order valence-electron chi connectivity index (χ4n) is 2.02. The van der Waals surface area contributed by atoms with E-state index in [4.69, 9.17) is 23.2 Å². The van der Waals surface area contributed by atoms with Crippen LogP contribution in [0.25, 0.3) is 0 Å². The van der Waals surface area contributed by atoms with Crippen LogP contribution in [-0.2, 0) is 0 Å². The molecular formula is C11H15Cl2N3. The number of hydrogen-bond donors (Lipinski definition) is 1. The molecule has 88 valence electrons. The first-order valence-electron chi connectivity index (χ1n) is 5.63. The highest BCUT2D eigenvalue weighted by Crippen LogP contribution is 2.26. The van der Waals surface area contributed by atoms with E-state index < -0.39 is 0 Å².